The van der Waals surface area contributed by atoms with Gasteiger partial charge in [-0.2, -0.15) is 0 Å². The molecule has 4 heterocycles. The third kappa shape index (κ3) is 3.75. The summed E-state index contributed by atoms with van der Waals surface area (Å²) in [5.41, 5.74) is 4.20. The maximum atomic E-state index is 12.6. The van der Waals surface area contributed by atoms with Crippen LogP contribution in [-0.4, -0.2) is 38.9 Å². The van der Waals surface area contributed by atoms with Gasteiger partial charge in [0.2, 0.25) is 5.91 Å². The van der Waals surface area contributed by atoms with Gasteiger partial charge in [0.05, 0.1) is 11.9 Å². The van der Waals surface area contributed by atoms with Crippen LogP contribution in [0, 0.1) is 5.92 Å². The number of carbonyl (C=O) groups excluding carboxylic acids is 1. The molecule has 0 radical (unpaired) electrons. The predicted octanol–water partition coefficient (Wildman–Crippen LogP) is 3.28. The first-order valence-corrected chi connectivity index (χ1v) is 10.5. The molecule has 2 aliphatic rings. The highest BCUT2D eigenvalue weighted by atomic mass is 16.1. The largest absolute Gasteiger partial charge is 0.356 e. The summed E-state index contributed by atoms with van der Waals surface area (Å²) in [6.07, 6.45) is 11.7. The highest BCUT2D eigenvalue weighted by Gasteiger charge is 2.29. The molecule has 152 valence electrons. The number of carbonyl (C=O) groups is 1. The van der Waals surface area contributed by atoms with Gasteiger partial charge in [-0.3, -0.25) is 14.8 Å². The van der Waals surface area contributed by atoms with Crippen molar-refractivity contribution in [3.05, 3.63) is 60.3 Å². The fourth-order valence-electron chi connectivity index (χ4n) is 4.34. The third-order valence-corrected chi connectivity index (χ3v) is 5.94. The molecule has 7 heteroatoms. The summed E-state index contributed by atoms with van der Waals surface area (Å²) in [7, 11) is 0. The molecule has 0 bridgehead atoms. The summed E-state index contributed by atoms with van der Waals surface area (Å²) >= 11 is 0. The Morgan fingerprint density at radius 2 is 1.83 bits per heavy atom. The molecule has 5 rings (SSSR count). The van der Waals surface area contributed by atoms with Crippen molar-refractivity contribution in [1.29, 1.82) is 0 Å². The molecule has 1 fully saturated rings. The number of amides is 1. The average Bonchev–Trinajstić information content (AvgIpc) is 3.29. The molecule has 0 atom stereocenters. The average molecular weight is 400 g/mol. The summed E-state index contributed by atoms with van der Waals surface area (Å²) in [5.74, 6) is 1.91. The molecule has 0 aromatic carbocycles. The van der Waals surface area contributed by atoms with Crippen molar-refractivity contribution in [2.45, 2.75) is 32.1 Å². The van der Waals surface area contributed by atoms with Crippen molar-refractivity contribution in [3.63, 3.8) is 0 Å². The van der Waals surface area contributed by atoms with Gasteiger partial charge in [0.25, 0.3) is 0 Å². The van der Waals surface area contributed by atoms with E-state index in [0.29, 0.717) is 0 Å². The van der Waals surface area contributed by atoms with Crippen LogP contribution in [-0.2, 0) is 17.6 Å². The molecule has 0 saturated carbocycles. The highest BCUT2D eigenvalue weighted by Crippen LogP contribution is 2.33. The fourth-order valence-corrected chi connectivity index (χ4v) is 4.34. The van der Waals surface area contributed by atoms with Gasteiger partial charge in [-0.05, 0) is 56.4 Å². The Kier molecular flexibility index (Phi) is 5.09. The summed E-state index contributed by atoms with van der Waals surface area (Å²) in [5, 5.41) is 2.99. The number of hydrogen-bond acceptors (Lipinski definition) is 6. The number of rotatable bonds is 4. The second kappa shape index (κ2) is 8.18. The minimum absolute atomic E-state index is 0.0102. The van der Waals surface area contributed by atoms with E-state index in [1.165, 1.54) is 11.3 Å². The predicted molar refractivity (Wildman–Crippen MR) is 115 cm³/mol. The van der Waals surface area contributed by atoms with Crippen molar-refractivity contribution >= 4 is 17.4 Å². The van der Waals surface area contributed by atoms with E-state index in [4.69, 9.17) is 9.97 Å². The molecule has 1 saturated heterocycles. The molecule has 1 N–H and O–H groups in total. The lowest BCUT2D eigenvalue weighted by atomic mass is 9.95. The second-order valence-electron chi connectivity index (χ2n) is 7.88. The number of aryl methyl sites for hydroxylation is 1. The van der Waals surface area contributed by atoms with E-state index in [0.717, 1.165) is 68.1 Å². The van der Waals surface area contributed by atoms with Crippen molar-refractivity contribution < 1.29 is 4.79 Å². The topological polar surface area (TPSA) is 83.9 Å². The Hall–Kier alpha value is -3.35. The minimum Gasteiger partial charge on any atom is -0.356 e. The summed E-state index contributed by atoms with van der Waals surface area (Å²) < 4.78 is 0. The lowest BCUT2D eigenvalue weighted by Gasteiger charge is -2.33. The zero-order valence-corrected chi connectivity index (χ0v) is 16.8. The van der Waals surface area contributed by atoms with E-state index < -0.39 is 0 Å². The number of nitrogens with one attached hydrogen (secondary N) is 1. The molecule has 0 unspecified atom stereocenters. The van der Waals surface area contributed by atoms with Crippen molar-refractivity contribution in [2.24, 2.45) is 5.92 Å². The SMILES string of the molecule is O=C(Nc1cccnc1)C1CCN(c2nc(-c3ccncc3)nc3c2CCC3)CC1. The summed E-state index contributed by atoms with van der Waals surface area (Å²) in [6, 6.07) is 7.60. The van der Waals surface area contributed by atoms with Gasteiger partial charge >= 0.3 is 0 Å². The van der Waals surface area contributed by atoms with Gasteiger partial charge in [-0.25, -0.2) is 9.97 Å². The molecule has 3 aromatic heterocycles. The maximum Gasteiger partial charge on any atom is 0.227 e. The number of nitrogens with zero attached hydrogens (tertiary/aromatic N) is 5. The van der Waals surface area contributed by atoms with E-state index in [2.05, 4.69) is 20.2 Å². The van der Waals surface area contributed by atoms with Crippen LogP contribution in [0.1, 0.15) is 30.5 Å². The monoisotopic (exact) mass is 400 g/mol. The number of pyridine rings is 2. The maximum absolute atomic E-state index is 12.6. The molecular formula is C23H24N6O. The number of fused-ring (bicyclic) bond motifs is 1. The Morgan fingerprint density at radius 1 is 1.00 bits per heavy atom. The van der Waals surface area contributed by atoms with Crippen LogP contribution in [0.15, 0.2) is 49.1 Å². The van der Waals surface area contributed by atoms with E-state index in [-0.39, 0.29) is 11.8 Å². The number of piperidine rings is 1. The minimum atomic E-state index is 0.0102. The molecular weight excluding hydrogens is 376 g/mol. The first kappa shape index (κ1) is 18.7. The second-order valence-corrected chi connectivity index (χ2v) is 7.88. The van der Waals surface area contributed by atoms with Crippen LogP contribution in [0.4, 0.5) is 11.5 Å². The summed E-state index contributed by atoms with van der Waals surface area (Å²) in [6.45, 7) is 1.65. The van der Waals surface area contributed by atoms with Crippen molar-refractivity contribution in [2.75, 3.05) is 23.3 Å². The zero-order valence-electron chi connectivity index (χ0n) is 16.8. The van der Waals surface area contributed by atoms with Crippen LogP contribution < -0.4 is 10.2 Å². The van der Waals surface area contributed by atoms with Crippen LogP contribution in [0.5, 0.6) is 0 Å². The fraction of sp³-hybridized carbons (Fsp3) is 0.348. The number of hydrogen-bond donors (Lipinski definition) is 1. The van der Waals surface area contributed by atoms with E-state index >= 15 is 0 Å². The van der Waals surface area contributed by atoms with Crippen LogP contribution >= 0.6 is 0 Å². The van der Waals surface area contributed by atoms with Crippen LogP contribution in [0.25, 0.3) is 11.4 Å². The highest BCUT2D eigenvalue weighted by molar-refractivity contribution is 5.92. The van der Waals surface area contributed by atoms with Gasteiger partial charge in [0.15, 0.2) is 5.82 Å². The first-order chi connectivity index (χ1) is 14.8. The Labute approximate surface area is 175 Å². The Bertz CT molecular complexity index is 1030. The van der Waals surface area contributed by atoms with E-state index in [1.54, 1.807) is 24.8 Å². The lowest BCUT2D eigenvalue weighted by molar-refractivity contribution is -0.120. The van der Waals surface area contributed by atoms with Crippen molar-refractivity contribution in [1.82, 2.24) is 19.9 Å². The molecule has 7 nitrogen and oxygen atoms in total. The third-order valence-electron chi connectivity index (χ3n) is 5.94. The number of aromatic nitrogens is 4. The van der Waals surface area contributed by atoms with Crippen LogP contribution in [0.3, 0.4) is 0 Å². The molecule has 0 spiro atoms. The smallest absolute Gasteiger partial charge is 0.227 e. The molecule has 1 aliphatic carbocycles. The molecule has 30 heavy (non-hydrogen) atoms. The molecule has 3 aromatic rings. The van der Waals surface area contributed by atoms with Crippen molar-refractivity contribution in [3.8, 4) is 11.4 Å². The standard InChI is InChI=1S/C23H24N6O/c30-23(26-18-3-2-10-25-15-18)17-8-13-29(14-9-17)22-19-4-1-5-20(19)27-21(28-22)16-6-11-24-12-7-16/h2-3,6-7,10-12,15,17H,1,4-5,8-9,13-14H2,(H,26,30). The Morgan fingerprint density at radius 3 is 2.60 bits per heavy atom. The quantitative estimate of drug-likeness (QED) is 0.724. The van der Waals surface area contributed by atoms with Gasteiger partial charge in [0, 0.05) is 54.4 Å². The van der Waals surface area contributed by atoms with Crippen LogP contribution in [0.2, 0.25) is 0 Å². The van der Waals surface area contributed by atoms with Gasteiger partial charge in [-0.15, -0.1) is 0 Å². The normalized spacial score (nSPS) is 16.3. The van der Waals surface area contributed by atoms with Gasteiger partial charge in [-0.1, -0.05) is 0 Å². The van der Waals surface area contributed by atoms with Gasteiger partial charge < -0.3 is 10.2 Å². The van der Waals surface area contributed by atoms with Gasteiger partial charge in [0.1, 0.15) is 5.82 Å². The molecule has 1 aliphatic heterocycles. The summed E-state index contributed by atoms with van der Waals surface area (Å²) in [4.78, 5) is 32.9. The van der Waals surface area contributed by atoms with E-state index in [9.17, 15) is 4.79 Å². The zero-order chi connectivity index (χ0) is 20.3. The first-order valence-electron chi connectivity index (χ1n) is 10.5. The number of anilines is 2. The molecule has 1 amide bonds. The Balaban J connectivity index is 1.32. The lowest BCUT2D eigenvalue weighted by Crippen LogP contribution is -2.39. The van der Waals surface area contributed by atoms with E-state index in [1.807, 2.05) is 24.3 Å².